The van der Waals surface area contributed by atoms with E-state index in [1.54, 1.807) is 12.3 Å². The predicted octanol–water partition coefficient (Wildman–Crippen LogP) is 1.95. The number of amides is 1. The SMILES string of the molecule is CCCCN(C(=O)c1ccc(CN)cn1)C1CC1. The minimum atomic E-state index is 0.0644. The van der Waals surface area contributed by atoms with Gasteiger partial charge >= 0.3 is 0 Å². The Morgan fingerprint density at radius 1 is 1.50 bits per heavy atom. The zero-order chi connectivity index (χ0) is 13.0. The summed E-state index contributed by atoms with van der Waals surface area (Å²) in [6.45, 7) is 3.45. The van der Waals surface area contributed by atoms with Crippen LogP contribution in [0.4, 0.5) is 0 Å². The average Bonchev–Trinajstić information content (AvgIpc) is 3.24. The second-order valence-electron chi connectivity index (χ2n) is 4.84. The maximum Gasteiger partial charge on any atom is 0.272 e. The maximum atomic E-state index is 12.4. The van der Waals surface area contributed by atoms with Crippen LogP contribution in [0.15, 0.2) is 18.3 Å². The second-order valence-corrected chi connectivity index (χ2v) is 4.84. The van der Waals surface area contributed by atoms with Gasteiger partial charge in [-0.15, -0.1) is 0 Å². The van der Waals surface area contributed by atoms with Gasteiger partial charge in [-0.3, -0.25) is 9.78 Å². The van der Waals surface area contributed by atoms with E-state index in [-0.39, 0.29) is 5.91 Å². The number of unbranched alkanes of at least 4 members (excludes halogenated alkanes) is 1. The number of pyridine rings is 1. The summed E-state index contributed by atoms with van der Waals surface area (Å²) in [5, 5.41) is 0. The number of carbonyl (C=O) groups excluding carboxylic acids is 1. The first-order valence-electron chi connectivity index (χ1n) is 6.72. The summed E-state index contributed by atoms with van der Waals surface area (Å²) < 4.78 is 0. The summed E-state index contributed by atoms with van der Waals surface area (Å²) in [6, 6.07) is 4.11. The number of nitrogens with zero attached hydrogens (tertiary/aromatic N) is 2. The van der Waals surface area contributed by atoms with Crippen LogP contribution in [0.1, 0.15) is 48.7 Å². The molecule has 1 amide bonds. The van der Waals surface area contributed by atoms with Crippen LogP contribution in [0.2, 0.25) is 0 Å². The molecule has 0 atom stereocenters. The molecular formula is C14H21N3O. The predicted molar refractivity (Wildman–Crippen MR) is 71.1 cm³/mol. The van der Waals surface area contributed by atoms with E-state index in [1.807, 2.05) is 11.0 Å². The highest BCUT2D eigenvalue weighted by Crippen LogP contribution is 2.28. The Morgan fingerprint density at radius 2 is 2.28 bits per heavy atom. The third-order valence-electron chi connectivity index (χ3n) is 3.28. The van der Waals surface area contributed by atoms with Gasteiger partial charge in [0.2, 0.25) is 0 Å². The van der Waals surface area contributed by atoms with Crippen molar-refractivity contribution in [3.8, 4) is 0 Å². The summed E-state index contributed by atoms with van der Waals surface area (Å²) in [5.74, 6) is 0.0644. The Kier molecular flexibility index (Phi) is 4.31. The maximum absolute atomic E-state index is 12.4. The second kappa shape index (κ2) is 5.96. The van der Waals surface area contributed by atoms with Gasteiger partial charge in [-0.05, 0) is 30.9 Å². The van der Waals surface area contributed by atoms with E-state index >= 15 is 0 Å². The fourth-order valence-electron chi connectivity index (χ4n) is 1.98. The molecule has 0 bridgehead atoms. The highest BCUT2D eigenvalue weighted by atomic mass is 16.2. The highest BCUT2D eigenvalue weighted by Gasteiger charge is 2.32. The van der Waals surface area contributed by atoms with Gasteiger partial charge in [0.25, 0.3) is 5.91 Å². The average molecular weight is 247 g/mol. The van der Waals surface area contributed by atoms with Crippen LogP contribution in [0.5, 0.6) is 0 Å². The number of carbonyl (C=O) groups is 1. The van der Waals surface area contributed by atoms with Crippen molar-refractivity contribution in [2.75, 3.05) is 6.54 Å². The lowest BCUT2D eigenvalue weighted by Crippen LogP contribution is -2.34. The molecule has 1 aliphatic carbocycles. The van der Waals surface area contributed by atoms with Gasteiger partial charge in [0.15, 0.2) is 0 Å². The number of nitrogens with two attached hydrogens (primary N) is 1. The van der Waals surface area contributed by atoms with Crippen molar-refractivity contribution in [3.63, 3.8) is 0 Å². The molecule has 0 unspecified atom stereocenters. The minimum Gasteiger partial charge on any atom is -0.334 e. The van der Waals surface area contributed by atoms with Gasteiger partial charge in [0.1, 0.15) is 5.69 Å². The van der Waals surface area contributed by atoms with Crippen LogP contribution < -0.4 is 5.73 Å². The number of hydrogen-bond donors (Lipinski definition) is 1. The largest absolute Gasteiger partial charge is 0.334 e. The molecule has 98 valence electrons. The number of aromatic nitrogens is 1. The topological polar surface area (TPSA) is 59.2 Å². The zero-order valence-electron chi connectivity index (χ0n) is 10.9. The summed E-state index contributed by atoms with van der Waals surface area (Å²) >= 11 is 0. The number of hydrogen-bond acceptors (Lipinski definition) is 3. The van der Waals surface area contributed by atoms with Crippen LogP contribution in [-0.4, -0.2) is 28.4 Å². The summed E-state index contributed by atoms with van der Waals surface area (Å²) in [5.41, 5.74) is 7.02. The first-order chi connectivity index (χ1) is 8.76. The molecular weight excluding hydrogens is 226 g/mol. The molecule has 2 rings (SSSR count). The van der Waals surface area contributed by atoms with Crippen molar-refractivity contribution >= 4 is 5.91 Å². The molecule has 4 nitrogen and oxygen atoms in total. The van der Waals surface area contributed by atoms with Gasteiger partial charge in [0.05, 0.1) is 0 Å². The molecule has 0 aliphatic heterocycles. The van der Waals surface area contributed by atoms with Gasteiger partial charge in [-0.2, -0.15) is 0 Å². The van der Waals surface area contributed by atoms with E-state index in [1.165, 1.54) is 0 Å². The van der Waals surface area contributed by atoms with Crippen molar-refractivity contribution in [2.45, 2.75) is 45.2 Å². The van der Waals surface area contributed by atoms with Gasteiger partial charge in [-0.1, -0.05) is 19.4 Å². The molecule has 0 spiro atoms. The van der Waals surface area contributed by atoms with Crippen LogP contribution >= 0.6 is 0 Å². The minimum absolute atomic E-state index is 0.0644. The van der Waals surface area contributed by atoms with Gasteiger partial charge < -0.3 is 10.6 Å². The van der Waals surface area contributed by atoms with Crippen LogP contribution in [0.3, 0.4) is 0 Å². The van der Waals surface area contributed by atoms with Crippen molar-refractivity contribution in [2.24, 2.45) is 5.73 Å². The molecule has 1 aromatic heterocycles. The van der Waals surface area contributed by atoms with E-state index < -0.39 is 0 Å². The molecule has 1 heterocycles. The smallest absolute Gasteiger partial charge is 0.272 e. The van der Waals surface area contributed by atoms with Crippen molar-refractivity contribution in [1.82, 2.24) is 9.88 Å². The van der Waals surface area contributed by atoms with E-state index in [9.17, 15) is 4.79 Å². The van der Waals surface area contributed by atoms with Crippen LogP contribution in [-0.2, 0) is 6.54 Å². The van der Waals surface area contributed by atoms with E-state index in [2.05, 4.69) is 11.9 Å². The quantitative estimate of drug-likeness (QED) is 0.835. The molecule has 1 aromatic rings. The Hall–Kier alpha value is -1.42. The lowest BCUT2D eigenvalue weighted by atomic mass is 10.2. The molecule has 0 saturated heterocycles. The number of rotatable bonds is 6. The molecule has 1 saturated carbocycles. The Balaban J connectivity index is 2.06. The van der Waals surface area contributed by atoms with Gasteiger partial charge in [0, 0.05) is 25.3 Å². The van der Waals surface area contributed by atoms with E-state index in [4.69, 9.17) is 5.73 Å². The lowest BCUT2D eigenvalue weighted by Gasteiger charge is -2.21. The molecule has 18 heavy (non-hydrogen) atoms. The standard InChI is InChI=1S/C14H21N3O/c1-2-3-8-17(12-5-6-12)14(18)13-7-4-11(9-15)10-16-13/h4,7,10,12H,2-3,5-6,8-9,15H2,1H3. The van der Waals surface area contributed by atoms with E-state index in [0.717, 1.165) is 37.8 Å². The van der Waals surface area contributed by atoms with Gasteiger partial charge in [-0.25, -0.2) is 0 Å². The molecule has 1 fully saturated rings. The highest BCUT2D eigenvalue weighted by molar-refractivity contribution is 5.92. The monoisotopic (exact) mass is 247 g/mol. The van der Waals surface area contributed by atoms with Crippen molar-refractivity contribution in [3.05, 3.63) is 29.6 Å². The third-order valence-corrected chi connectivity index (χ3v) is 3.28. The summed E-state index contributed by atoms with van der Waals surface area (Å²) in [4.78, 5) is 18.6. The summed E-state index contributed by atoms with van der Waals surface area (Å²) in [6.07, 6.45) is 6.13. The third kappa shape index (κ3) is 3.07. The Labute approximate surface area is 108 Å². The fourth-order valence-corrected chi connectivity index (χ4v) is 1.98. The molecule has 0 radical (unpaired) electrons. The van der Waals surface area contributed by atoms with Crippen LogP contribution in [0, 0.1) is 0 Å². The molecule has 4 heteroatoms. The van der Waals surface area contributed by atoms with E-state index in [0.29, 0.717) is 18.3 Å². The zero-order valence-corrected chi connectivity index (χ0v) is 10.9. The lowest BCUT2D eigenvalue weighted by molar-refractivity contribution is 0.0735. The first-order valence-corrected chi connectivity index (χ1v) is 6.72. The fraction of sp³-hybridized carbons (Fsp3) is 0.571. The Bertz CT molecular complexity index is 398. The van der Waals surface area contributed by atoms with Crippen molar-refractivity contribution < 1.29 is 4.79 Å². The molecule has 1 aliphatic rings. The Morgan fingerprint density at radius 3 is 2.78 bits per heavy atom. The molecule has 2 N–H and O–H groups in total. The van der Waals surface area contributed by atoms with Crippen LogP contribution in [0.25, 0.3) is 0 Å². The summed E-state index contributed by atoms with van der Waals surface area (Å²) in [7, 11) is 0. The van der Waals surface area contributed by atoms with Crippen molar-refractivity contribution in [1.29, 1.82) is 0 Å². The first kappa shape index (κ1) is 13.0. The normalized spacial score (nSPS) is 14.6. The molecule has 0 aromatic carbocycles.